The number of halogens is 5. The van der Waals surface area contributed by atoms with Crippen molar-refractivity contribution in [3.05, 3.63) is 47.0 Å². The Morgan fingerprint density at radius 3 is 2.23 bits per heavy atom. The van der Waals surface area contributed by atoms with Gasteiger partial charge in [-0.15, -0.1) is 0 Å². The Labute approximate surface area is 173 Å². The zero-order chi connectivity index (χ0) is 22.3. The zero-order valence-electron chi connectivity index (χ0n) is 15.6. The fourth-order valence-electron chi connectivity index (χ4n) is 2.32. The monoisotopic (exact) mass is 449 g/mol. The van der Waals surface area contributed by atoms with Crippen LogP contribution in [0.2, 0.25) is 5.02 Å². The maximum atomic E-state index is 12.6. The minimum absolute atomic E-state index is 0.0349. The van der Waals surface area contributed by atoms with Gasteiger partial charge < -0.3 is 24.3 Å². The van der Waals surface area contributed by atoms with Crippen molar-refractivity contribution in [2.24, 2.45) is 0 Å². The molecule has 0 heterocycles. The first-order chi connectivity index (χ1) is 14.2. The molecule has 2 aromatic rings. The van der Waals surface area contributed by atoms with Gasteiger partial charge in [-0.2, -0.15) is 17.6 Å². The van der Waals surface area contributed by atoms with Gasteiger partial charge in [0, 0.05) is 29.8 Å². The van der Waals surface area contributed by atoms with Gasteiger partial charge in [-0.05, 0) is 18.2 Å². The first-order valence-corrected chi connectivity index (χ1v) is 8.55. The summed E-state index contributed by atoms with van der Waals surface area (Å²) < 4.78 is 68.5. The number of ether oxygens (including phenoxy) is 4. The van der Waals surface area contributed by atoms with E-state index in [0.717, 1.165) is 18.2 Å². The summed E-state index contributed by atoms with van der Waals surface area (Å²) >= 11 is 6.00. The van der Waals surface area contributed by atoms with Crippen molar-refractivity contribution in [3.8, 4) is 23.0 Å². The fourth-order valence-corrected chi connectivity index (χ4v) is 2.56. The summed E-state index contributed by atoms with van der Waals surface area (Å²) in [5.74, 6) is -0.913. The fraction of sp³-hybridized carbons (Fsp3) is 0.211. The number of nitrogens with one attached hydrogen (secondary N) is 1. The molecule has 0 atom stereocenters. The van der Waals surface area contributed by atoms with Crippen LogP contribution in [-0.4, -0.2) is 33.3 Å². The molecule has 0 fully saturated rings. The number of rotatable bonds is 9. The number of amides is 1. The third-order valence-corrected chi connectivity index (χ3v) is 3.87. The van der Waals surface area contributed by atoms with E-state index in [-0.39, 0.29) is 27.8 Å². The van der Waals surface area contributed by atoms with Crippen molar-refractivity contribution in [2.75, 3.05) is 19.5 Å². The predicted octanol–water partition coefficient (Wildman–Crippen LogP) is 5.21. The maximum Gasteiger partial charge on any atom is 0.387 e. The predicted molar refractivity (Wildman–Crippen MR) is 102 cm³/mol. The summed E-state index contributed by atoms with van der Waals surface area (Å²) in [5, 5.41) is 2.80. The zero-order valence-corrected chi connectivity index (χ0v) is 16.4. The molecule has 0 spiro atoms. The summed E-state index contributed by atoms with van der Waals surface area (Å²) in [4.78, 5) is 12.2. The number of alkyl halides is 4. The molecular formula is C19H16ClF4NO5. The summed E-state index contributed by atoms with van der Waals surface area (Å²) in [5.41, 5.74) is 0.283. The quantitative estimate of drug-likeness (QED) is 0.420. The lowest BCUT2D eigenvalue weighted by atomic mass is 10.1. The molecule has 30 heavy (non-hydrogen) atoms. The Bertz CT molecular complexity index is 924. The van der Waals surface area contributed by atoms with Gasteiger partial charge in [0.05, 0.1) is 24.9 Å². The van der Waals surface area contributed by atoms with E-state index in [1.807, 2.05) is 0 Å². The van der Waals surface area contributed by atoms with Crippen LogP contribution in [0, 0.1) is 0 Å². The molecule has 0 aromatic heterocycles. The summed E-state index contributed by atoms with van der Waals surface area (Å²) in [7, 11) is 2.77. The van der Waals surface area contributed by atoms with Gasteiger partial charge in [0.1, 0.15) is 23.0 Å². The molecule has 0 aliphatic heterocycles. The highest BCUT2D eigenvalue weighted by molar-refractivity contribution is 6.32. The minimum Gasteiger partial charge on any atom is -0.495 e. The van der Waals surface area contributed by atoms with Gasteiger partial charge in [-0.3, -0.25) is 4.79 Å². The van der Waals surface area contributed by atoms with E-state index in [0.29, 0.717) is 5.75 Å². The minimum atomic E-state index is -3.21. The number of carbonyl (C=O) groups excluding carboxylic acids is 1. The Balaban J connectivity index is 2.23. The summed E-state index contributed by atoms with van der Waals surface area (Å²) in [6, 6.07) is 6.05. The van der Waals surface area contributed by atoms with E-state index in [1.54, 1.807) is 0 Å². The lowest BCUT2D eigenvalue weighted by Crippen LogP contribution is -2.09. The highest BCUT2D eigenvalue weighted by Crippen LogP contribution is 2.36. The van der Waals surface area contributed by atoms with Crippen molar-refractivity contribution in [1.29, 1.82) is 0 Å². The highest BCUT2D eigenvalue weighted by Gasteiger charge is 2.14. The van der Waals surface area contributed by atoms with Crippen molar-refractivity contribution in [1.82, 2.24) is 0 Å². The van der Waals surface area contributed by atoms with Crippen LogP contribution < -0.4 is 24.3 Å². The summed E-state index contributed by atoms with van der Waals surface area (Å²) in [6.45, 7) is -6.35. The number of hydrogen-bond acceptors (Lipinski definition) is 5. The van der Waals surface area contributed by atoms with Gasteiger partial charge in [-0.25, -0.2) is 0 Å². The molecule has 162 valence electrons. The topological polar surface area (TPSA) is 66.0 Å². The molecule has 0 unspecified atom stereocenters. The average molecular weight is 450 g/mol. The van der Waals surface area contributed by atoms with Crippen LogP contribution in [0.4, 0.5) is 23.2 Å². The van der Waals surface area contributed by atoms with Crippen LogP contribution >= 0.6 is 11.6 Å². The summed E-state index contributed by atoms with van der Waals surface area (Å²) in [6.07, 6.45) is 2.20. The number of methoxy groups -OCH3 is 2. The Morgan fingerprint density at radius 2 is 1.63 bits per heavy atom. The van der Waals surface area contributed by atoms with Crippen molar-refractivity contribution >= 4 is 29.3 Å². The molecule has 0 aliphatic rings. The smallest absolute Gasteiger partial charge is 0.387 e. The average Bonchev–Trinajstić information content (AvgIpc) is 2.67. The van der Waals surface area contributed by atoms with Gasteiger partial charge in [0.2, 0.25) is 5.91 Å². The number of benzene rings is 2. The van der Waals surface area contributed by atoms with E-state index in [2.05, 4.69) is 14.8 Å². The van der Waals surface area contributed by atoms with Crippen LogP contribution in [0.3, 0.4) is 0 Å². The van der Waals surface area contributed by atoms with Gasteiger partial charge in [0.25, 0.3) is 0 Å². The van der Waals surface area contributed by atoms with Crippen molar-refractivity contribution in [3.63, 3.8) is 0 Å². The van der Waals surface area contributed by atoms with Crippen LogP contribution in [0.1, 0.15) is 5.56 Å². The number of anilines is 1. The Hall–Kier alpha value is -3.14. The highest BCUT2D eigenvalue weighted by atomic mass is 35.5. The third kappa shape index (κ3) is 6.45. The van der Waals surface area contributed by atoms with E-state index in [4.69, 9.17) is 21.1 Å². The molecule has 2 rings (SSSR count). The second-order valence-electron chi connectivity index (χ2n) is 5.47. The number of carbonyl (C=O) groups is 1. The third-order valence-electron chi connectivity index (χ3n) is 3.57. The standard InChI is InChI=1S/C19H16ClF4NO5/c1-27-15-9-13(16(28-2)8-12(15)20)25-17(26)6-4-10-3-5-11(29-18(21)22)7-14(10)30-19(23)24/h3-9,18-19H,1-2H3,(H,25,26)/b6-4+. The molecule has 0 radical (unpaired) electrons. The molecule has 2 aromatic carbocycles. The van der Waals surface area contributed by atoms with Crippen LogP contribution in [0.15, 0.2) is 36.4 Å². The molecule has 1 N–H and O–H groups in total. The first kappa shape index (κ1) is 23.1. The second-order valence-corrected chi connectivity index (χ2v) is 5.87. The van der Waals surface area contributed by atoms with E-state index >= 15 is 0 Å². The largest absolute Gasteiger partial charge is 0.495 e. The van der Waals surface area contributed by atoms with E-state index in [9.17, 15) is 22.4 Å². The van der Waals surface area contributed by atoms with Gasteiger partial charge in [-0.1, -0.05) is 11.6 Å². The van der Waals surface area contributed by atoms with E-state index in [1.165, 1.54) is 38.5 Å². The SMILES string of the molecule is COc1cc(NC(=O)/C=C/c2ccc(OC(F)F)cc2OC(F)F)c(OC)cc1Cl. The molecule has 0 saturated heterocycles. The lowest BCUT2D eigenvalue weighted by Gasteiger charge is -2.12. The van der Waals surface area contributed by atoms with E-state index < -0.39 is 24.9 Å². The molecule has 11 heteroatoms. The maximum absolute atomic E-state index is 12.6. The molecule has 1 amide bonds. The molecule has 6 nitrogen and oxygen atoms in total. The van der Waals surface area contributed by atoms with Crippen LogP contribution in [0.25, 0.3) is 6.08 Å². The molecular weight excluding hydrogens is 434 g/mol. The molecule has 0 saturated carbocycles. The van der Waals surface area contributed by atoms with Crippen molar-refractivity contribution < 1.29 is 41.3 Å². The lowest BCUT2D eigenvalue weighted by molar-refractivity contribution is -0.111. The van der Waals surface area contributed by atoms with Gasteiger partial charge >= 0.3 is 13.2 Å². The van der Waals surface area contributed by atoms with Crippen molar-refractivity contribution in [2.45, 2.75) is 13.2 Å². The van der Waals surface area contributed by atoms with Gasteiger partial charge in [0.15, 0.2) is 0 Å². The van der Waals surface area contributed by atoms with Crippen LogP contribution in [0.5, 0.6) is 23.0 Å². The molecule has 0 bridgehead atoms. The Morgan fingerprint density at radius 1 is 0.967 bits per heavy atom. The Kier molecular flexibility index (Phi) is 8.16. The first-order valence-electron chi connectivity index (χ1n) is 8.17. The normalized spacial score (nSPS) is 11.1. The molecule has 0 aliphatic carbocycles. The number of hydrogen-bond donors (Lipinski definition) is 1. The van der Waals surface area contributed by atoms with Crippen LogP contribution in [-0.2, 0) is 4.79 Å². The second kappa shape index (κ2) is 10.6.